The molecular weight excluding hydrogens is 424 g/mol. The SMILES string of the molecule is CC1(C)OC1C1CC(C2CCC3(C)C4=CCC5C(C)(C)C(O)C=CC5(C)C4CCC23C)C(O)O1. The van der Waals surface area contributed by atoms with Crippen LogP contribution in [0.1, 0.15) is 87.0 Å². The fourth-order valence-electron chi connectivity index (χ4n) is 10.0. The Kier molecular flexibility index (Phi) is 4.88. The molecule has 0 amide bonds. The van der Waals surface area contributed by atoms with Crippen LogP contribution in [-0.4, -0.2) is 40.4 Å². The van der Waals surface area contributed by atoms with Gasteiger partial charge in [0.05, 0.1) is 17.8 Å². The van der Waals surface area contributed by atoms with E-state index in [-0.39, 0.29) is 51.5 Å². The highest BCUT2D eigenvalue weighted by Crippen LogP contribution is 2.73. The Labute approximate surface area is 206 Å². The zero-order chi connectivity index (χ0) is 24.5. The van der Waals surface area contributed by atoms with Gasteiger partial charge in [-0.15, -0.1) is 0 Å². The fourth-order valence-corrected chi connectivity index (χ4v) is 10.0. The summed E-state index contributed by atoms with van der Waals surface area (Å²) in [6, 6.07) is 0. The van der Waals surface area contributed by atoms with Crippen molar-refractivity contribution in [3.63, 3.8) is 0 Å². The van der Waals surface area contributed by atoms with Gasteiger partial charge in [-0.05, 0) is 91.8 Å². The van der Waals surface area contributed by atoms with Crippen LogP contribution in [0.5, 0.6) is 0 Å². The van der Waals surface area contributed by atoms with E-state index in [4.69, 9.17) is 9.47 Å². The number of rotatable bonds is 2. The van der Waals surface area contributed by atoms with Crippen molar-refractivity contribution >= 4 is 0 Å². The lowest BCUT2D eigenvalue weighted by molar-refractivity contribution is -0.133. The molecule has 34 heavy (non-hydrogen) atoms. The molecule has 0 radical (unpaired) electrons. The van der Waals surface area contributed by atoms with Crippen LogP contribution < -0.4 is 0 Å². The standard InChI is InChI=1S/C30H46O4/c1-26(2)22-9-8-20-19(28(22,5)13-12-23(26)31)11-15-29(6)18(10-14-30(20,29)7)17-16-21(33-25(17)32)24-27(3,4)34-24/h8,12-13,17-19,21-25,31-32H,9-11,14-16H2,1-7H3. The summed E-state index contributed by atoms with van der Waals surface area (Å²) in [7, 11) is 0. The smallest absolute Gasteiger partial charge is 0.158 e. The second-order valence-electron chi connectivity index (χ2n) is 14.5. The van der Waals surface area contributed by atoms with Gasteiger partial charge in [-0.2, -0.15) is 0 Å². The highest BCUT2D eigenvalue weighted by molar-refractivity contribution is 5.36. The van der Waals surface area contributed by atoms with E-state index in [9.17, 15) is 10.2 Å². The Balaban J connectivity index is 1.30. The maximum absolute atomic E-state index is 11.0. The number of hydrogen-bond donors (Lipinski definition) is 2. The minimum Gasteiger partial charge on any atom is -0.388 e. The van der Waals surface area contributed by atoms with Crippen LogP contribution in [0, 0.1) is 45.3 Å². The summed E-state index contributed by atoms with van der Waals surface area (Å²) in [4.78, 5) is 0. The fraction of sp³-hybridized carbons (Fsp3) is 0.867. The second kappa shape index (κ2) is 7.00. The van der Waals surface area contributed by atoms with Crippen molar-refractivity contribution in [1.82, 2.24) is 0 Å². The van der Waals surface area contributed by atoms with Crippen LogP contribution in [-0.2, 0) is 9.47 Å². The molecule has 2 saturated carbocycles. The van der Waals surface area contributed by atoms with Crippen molar-refractivity contribution in [2.45, 2.75) is 117 Å². The Bertz CT molecular complexity index is 934. The van der Waals surface area contributed by atoms with Gasteiger partial charge in [-0.25, -0.2) is 0 Å². The molecule has 0 aromatic rings. The molecular formula is C30H46O4. The normalized spacial score (nSPS) is 56.9. The first kappa shape index (κ1) is 23.7. The quantitative estimate of drug-likeness (QED) is 0.406. The molecule has 0 aromatic heterocycles. The minimum atomic E-state index is -0.669. The molecule has 4 nitrogen and oxygen atoms in total. The van der Waals surface area contributed by atoms with Gasteiger partial charge in [0.15, 0.2) is 6.29 Å². The van der Waals surface area contributed by atoms with Gasteiger partial charge in [0.25, 0.3) is 0 Å². The van der Waals surface area contributed by atoms with E-state index < -0.39 is 6.29 Å². The summed E-state index contributed by atoms with van der Waals surface area (Å²) in [6.07, 6.45) is 12.9. The van der Waals surface area contributed by atoms with Gasteiger partial charge in [0, 0.05) is 5.92 Å². The van der Waals surface area contributed by atoms with Crippen molar-refractivity contribution in [1.29, 1.82) is 0 Å². The van der Waals surface area contributed by atoms with E-state index in [1.807, 2.05) is 0 Å². The van der Waals surface area contributed by atoms with Crippen LogP contribution in [0.25, 0.3) is 0 Å². The molecule has 6 rings (SSSR count). The van der Waals surface area contributed by atoms with Crippen molar-refractivity contribution in [3.8, 4) is 0 Å². The Morgan fingerprint density at radius 2 is 1.68 bits per heavy atom. The van der Waals surface area contributed by atoms with E-state index in [2.05, 4.69) is 66.7 Å². The molecule has 6 aliphatic rings. The predicted molar refractivity (Wildman–Crippen MR) is 133 cm³/mol. The van der Waals surface area contributed by atoms with E-state index >= 15 is 0 Å². The average Bonchev–Trinajstić information content (AvgIpc) is 3.08. The van der Waals surface area contributed by atoms with Crippen LogP contribution in [0.4, 0.5) is 0 Å². The highest BCUT2D eigenvalue weighted by atomic mass is 16.7. The highest BCUT2D eigenvalue weighted by Gasteiger charge is 2.67. The number of fused-ring (bicyclic) bond motifs is 5. The van der Waals surface area contributed by atoms with Crippen molar-refractivity contribution < 1.29 is 19.7 Å². The molecule has 2 heterocycles. The van der Waals surface area contributed by atoms with E-state index in [1.165, 1.54) is 25.7 Å². The van der Waals surface area contributed by atoms with E-state index in [0.29, 0.717) is 17.8 Å². The molecule has 11 unspecified atom stereocenters. The van der Waals surface area contributed by atoms with E-state index in [1.54, 1.807) is 5.57 Å². The monoisotopic (exact) mass is 470 g/mol. The zero-order valence-electron chi connectivity index (χ0n) is 22.3. The van der Waals surface area contributed by atoms with Crippen LogP contribution in [0.3, 0.4) is 0 Å². The number of hydrogen-bond acceptors (Lipinski definition) is 4. The molecule has 2 saturated heterocycles. The Morgan fingerprint density at radius 3 is 2.35 bits per heavy atom. The molecule has 0 spiro atoms. The number of epoxide rings is 1. The van der Waals surface area contributed by atoms with Crippen molar-refractivity contribution in [2.75, 3.05) is 0 Å². The molecule has 4 fully saturated rings. The van der Waals surface area contributed by atoms with Gasteiger partial charge >= 0.3 is 0 Å². The predicted octanol–water partition coefficient (Wildman–Crippen LogP) is 5.63. The topological polar surface area (TPSA) is 62.2 Å². The molecule has 4 aliphatic carbocycles. The molecule has 2 aliphatic heterocycles. The summed E-state index contributed by atoms with van der Waals surface area (Å²) in [5, 5.41) is 21.8. The second-order valence-corrected chi connectivity index (χ2v) is 14.5. The number of allylic oxidation sites excluding steroid dienone is 3. The first-order valence-electron chi connectivity index (χ1n) is 13.8. The van der Waals surface area contributed by atoms with Gasteiger partial charge in [-0.1, -0.05) is 58.4 Å². The zero-order valence-corrected chi connectivity index (χ0v) is 22.3. The average molecular weight is 471 g/mol. The van der Waals surface area contributed by atoms with Crippen molar-refractivity contribution in [2.24, 2.45) is 45.3 Å². The summed E-state index contributed by atoms with van der Waals surface area (Å²) in [6.45, 7) is 16.3. The summed E-state index contributed by atoms with van der Waals surface area (Å²) < 4.78 is 12.0. The maximum Gasteiger partial charge on any atom is 0.158 e. The van der Waals surface area contributed by atoms with Gasteiger partial charge in [0.2, 0.25) is 0 Å². The Hall–Kier alpha value is -0.680. The van der Waals surface area contributed by atoms with Crippen LogP contribution in [0.15, 0.2) is 23.8 Å². The third-order valence-electron chi connectivity index (χ3n) is 12.5. The Morgan fingerprint density at radius 1 is 0.971 bits per heavy atom. The molecule has 0 bridgehead atoms. The maximum atomic E-state index is 11.0. The molecule has 11 atom stereocenters. The van der Waals surface area contributed by atoms with Gasteiger partial charge in [0.1, 0.15) is 6.10 Å². The van der Waals surface area contributed by atoms with Crippen LogP contribution in [0.2, 0.25) is 0 Å². The lowest BCUT2D eigenvalue weighted by Crippen LogP contribution is -2.56. The molecule has 0 aromatic carbocycles. The van der Waals surface area contributed by atoms with E-state index in [0.717, 1.165) is 12.8 Å². The molecule has 2 N–H and O–H groups in total. The summed E-state index contributed by atoms with van der Waals surface area (Å²) >= 11 is 0. The molecule has 190 valence electrons. The van der Waals surface area contributed by atoms with Crippen molar-refractivity contribution in [3.05, 3.63) is 23.8 Å². The van der Waals surface area contributed by atoms with Crippen LogP contribution >= 0.6 is 0 Å². The first-order valence-corrected chi connectivity index (χ1v) is 13.8. The first-order chi connectivity index (χ1) is 15.8. The number of aliphatic hydroxyl groups is 2. The lowest BCUT2D eigenvalue weighted by Gasteiger charge is -2.62. The minimum absolute atomic E-state index is 0.0244. The summed E-state index contributed by atoms with van der Waals surface area (Å²) in [5.41, 5.74) is 1.90. The largest absolute Gasteiger partial charge is 0.388 e. The summed E-state index contributed by atoms with van der Waals surface area (Å²) in [5.74, 6) is 1.69. The number of ether oxygens (including phenoxy) is 2. The lowest BCUT2D eigenvalue weighted by atomic mass is 9.42. The molecule has 4 heteroatoms. The number of aliphatic hydroxyl groups excluding tert-OH is 2. The third-order valence-corrected chi connectivity index (χ3v) is 12.5. The van der Waals surface area contributed by atoms with Gasteiger partial charge in [-0.3, -0.25) is 0 Å². The van der Waals surface area contributed by atoms with Gasteiger partial charge < -0.3 is 19.7 Å². The third kappa shape index (κ3) is 2.86.